The second kappa shape index (κ2) is 3.81. The van der Waals surface area contributed by atoms with Crippen molar-refractivity contribution in [2.75, 3.05) is 0 Å². The van der Waals surface area contributed by atoms with E-state index in [1.54, 1.807) is 49.8 Å². The highest BCUT2D eigenvalue weighted by Gasteiger charge is 2.31. The summed E-state index contributed by atoms with van der Waals surface area (Å²) in [6, 6.07) is 3.21. The molecule has 0 N–H and O–H groups in total. The second-order valence-electron chi connectivity index (χ2n) is 4.80. The fourth-order valence-corrected chi connectivity index (χ4v) is 3.05. The average molecular weight is 317 g/mol. The Hall–Kier alpha value is -0.880. The molecule has 0 spiro atoms. The van der Waals surface area contributed by atoms with Crippen LogP contribution in [0.3, 0.4) is 0 Å². The summed E-state index contributed by atoms with van der Waals surface area (Å²) in [4.78, 5) is 0.318. The van der Waals surface area contributed by atoms with Gasteiger partial charge >= 0.3 is 0 Å². The van der Waals surface area contributed by atoms with Crippen molar-refractivity contribution in [1.29, 1.82) is 0 Å². The Morgan fingerprint density at radius 2 is 2.00 bits per heavy atom. The molecule has 2 rings (SSSR count). The fraction of sp³-hybridized carbons (Fsp3) is 0.364. The molecule has 0 aliphatic rings. The zero-order chi connectivity index (χ0) is 12.8. The lowest BCUT2D eigenvalue weighted by atomic mass is 10.3. The van der Waals surface area contributed by atoms with Crippen molar-refractivity contribution >= 4 is 31.3 Å². The molecule has 0 aliphatic heterocycles. The molecule has 6 heteroatoms. The standard InChI is InChI=1S/C11H13BrN2O2S/c1-11(2,3)17(15,16)8-4-5-14-10(6-8)9(12)7-13-14/h4-7H,1-3H3. The lowest BCUT2D eigenvalue weighted by Crippen LogP contribution is -2.27. The Morgan fingerprint density at radius 3 is 2.59 bits per heavy atom. The van der Waals surface area contributed by atoms with Crippen LogP contribution in [0, 0.1) is 0 Å². The van der Waals surface area contributed by atoms with E-state index in [1.807, 2.05) is 0 Å². The molecule has 0 amide bonds. The number of hydrogen-bond donors (Lipinski definition) is 0. The van der Waals surface area contributed by atoms with E-state index >= 15 is 0 Å². The van der Waals surface area contributed by atoms with E-state index in [2.05, 4.69) is 21.0 Å². The molecule has 2 aromatic heterocycles. The first-order chi connectivity index (χ1) is 7.73. The number of sulfone groups is 1. The van der Waals surface area contributed by atoms with Crippen molar-refractivity contribution in [3.05, 3.63) is 29.0 Å². The van der Waals surface area contributed by atoms with Crippen molar-refractivity contribution in [2.45, 2.75) is 30.4 Å². The molecule has 0 fully saturated rings. The van der Waals surface area contributed by atoms with Gasteiger partial charge in [-0.2, -0.15) is 5.10 Å². The monoisotopic (exact) mass is 316 g/mol. The fourth-order valence-electron chi connectivity index (χ4n) is 1.45. The highest BCUT2D eigenvalue weighted by molar-refractivity contribution is 9.10. The molecule has 17 heavy (non-hydrogen) atoms. The Bertz CT molecular complexity index is 668. The van der Waals surface area contributed by atoms with E-state index in [9.17, 15) is 8.42 Å². The molecule has 0 unspecified atom stereocenters. The van der Waals surface area contributed by atoms with Crippen molar-refractivity contribution in [3.63, 3.8) is 0 Å². The number of halogens is 1. The number of hydrogen-bond acceptors (Lipinski definition) is 3. The van der Waals surface area contributed by atoms with Gasteiger partial charge < -0.3 is 0 Å². The van der Waals surface area contributed by atoms with Gasteiger partial charge in [-0.05, 0) is 48.8 Å². The molecule has 2 aromatic rings. The smallest absolute Gasteiger partial charge is 0.183 e. The minimum atomic E-state index is -3.32. The average Bonchev–Trinajstić information content (AvgIpc) is 2.58. The Labute approximate surface area is 109 Å². The normalized spacial score (nSPS) is 13.2. The number of pyridine rings is 1. The Balaban J connectivity index is 2.69. The van der Waals surface area contributed by atoms with Crippen molar-refractivity contribution < 1.29 is 8.42 Å². The van der Waals surface area contributed by atoms with E-state index < -0.39 is 14.6 Å². The Kier molecular flexibility index (Phi) is 2.82. The van der Waals surface area contributed by atoms with Crippen molar-refractivity contribution in [3.8, 4) is 0 Å². The third-order valence-electron chi connectivity index (χ3n) is 2.56. The van der Waals surface area contributed by atoms with Gasteiger partial charge in [0.2, 0.25) is 0 Å². The summed E-state index contributed by atoms with van der Waals surface area (Å²) in [7, 11) is -3.32. The van der Waals surface area contributed by atoms with Gasteiger partial charge in [0.25, 0.3) is 0 Å². The summed E-state index contributed by atoms with van der Waals surface area (Å²) in [6.07, 6.45) is 3.29. The molecule has 0 saturated carbocycles. The highest BCUT2D eigenvalue weighted by atomic mass is 79.9. The third kappa shape index (κ3) is 1.99. The van der Waals surface area contributed by atoms with Crippen LogP contribution in [-0.2, 0) is 9.84 Å². The molecular weight excluding hydrogens is 304 g/mol. The molecular formula is C11H13BrN2O2S. The van der Waals surface area contributed by atoms with Gasteiger partial charge in [0, 0.05) is 6.20 Å². The molecule has 0 atom stereocenters. The van der Waals surface area contributed by atoms with E-state index in [4.69, 9.17) is 0 Å². The van der Waals surface area contributed by atoms with Gasteiger partial charge in [0.05, 0.1) is 25.8 Å². The second-order valence-corrected chi connectivity index (χ2v) is 8.36. The van der Waals surface area contributed by atoms with Crippen LogP contribution in [0.2, 0.25) is 0 Å². The predicted molar refractivity (Wildman–Crippen MR) is 69.8 cm³/mol. The lowest BCUT2D eigenvalue weighted by Gasteiger charge is -2.19. The van der Waals surface area contributed by atoms with Gasteiger partial charge in [-0.15, -0.1) is 0 Å². The quantitative estimate of drug-likeness (QED) is 0.812. The molecule has 0 saturated heterocycles. The number of fused-ring (bicyclic) bond motifs is 1. The largest absolute Gasteiger partial charge is 0.240 e. The molecule has 4 nitrogen and oxygen atoms in total. The molecule has 0 radical (unpaired) electrons. The summed E-state index contributed by atoms with van der Waals surface area (Å²) in [5, 5.41) is 4.08. The summed E-state index contributed by atoms with van der Waals surface area (Å²) >= 11 is 3.34. The van der Waals surface area contributed by atoms with Crippen LogP contribution in [0.25, 0.3) is 5.52 Å². The SMILES string of the molecule is CC(C)(C)S(=O)(=O)c1ccn2ncc(Br)c2c1. The van der Waals surface area contributed by atoms with Crippen LogP contribution in [0.1, 0.15) is 20.8 Å². The van der Waals surface area contributed by atoms with Crippen LogP contribution < -0.4 is 0 Å². The minimum Gasteiger partial charge on any atom is -0.240 e. The first kappa shape index (κ1) is 12.6. The Morgan fingerprint density at radius 1 is 1.35 bits per heavy atom. The van der Waals surface area contributed by atoms with Gasteiger partial charge in [0.15, 0.2) is 9.84 Å². The summed E-state index contributed by atoms with van der Waals surface area (Å²) in [5.41, 5.74) is 0.746. The minimum absolute atomic E-state index is 0.318. The van der Waals surface area contributed by atoms with Gasteiger partial charge in [-0.3, -0.25) is 0 Å². The van der Waals surface area contributed by atoms with Gasteiger partial charge in [-0.1, -0.05) is 0 Å². The lowest BCUT2D eigenvalue weighted by molar-refractivity contribution is 0.560. The van der Waals surface area contributed by atoms with Crippen LogP contribution in [-0.4, -0.2) is 22.8 Å². The van der Waals surface area contributed by atoms with E-state index in [0.717, 1.165) is 9.99 Å². The van der Waals surface area contributed by atoms with Crippen LogP contribution >= 0.6 is 15.9 Å². The van der Waals surface area contributed by atoms with E-state index in [0.29, 0.717) is 4.90 Å². The van der Waals surface area contributed by atoms with Crippen LogP contribution in [0.4, 0.5) is 0 Å². The number of aromatic nitrogens is 2. The topological polar surface area (TPSA) is 51.4 Å². The first-order valence-electron chi connectivity index (χ1n) is 5.11. The predicted octanol–water partition coefficient (Wildman–Crippen LogP) is 2.67. The first-order valence-corrected chi connectivity index (χ1v) is 7.38. The van der Waals surface area contributed by atoms with E-state index in [1.165, 1.54) is 0 Å². The maximum atomic E-state index is 12.3. The summed E-state index contributed by atoms with van der Waals surface area (Å²) in [6.45, 7) is 5.08. The molecule has 92 valence electrons. The number of rotatable bonds is 1. The third-order valence-corrected chi connectivity index (χ3v) is 5.66. The van der Waals surface area contributed by atoms with Gasteiger partial charge in [-0.25, -0.2) is 12.9 Å². The molecule has 0 aromatic carbocycles. The van der Waals surface area contributed by atoms with Crippen molar-refractivity contribution in [2.24, 2.45) is 0 Å². The summed E-state index contributed by atoms with van der Waals surface area (Å²) < 4.78 is 26.2. The zero-order valence-electron chi connectivity index (χ0n) is 9.81. The van der Waals surface area contributed by atoms with Crippen molar-refractivity contribution in [1.82, 2.24) is 9.61 Å². The molecule has 2 heterocycles. The highest BCUT2D eigenvalue weighted by Crippen LogP contribution is 2.27. The zero-order valence-corrected chi connectivity index (χ0v) is 12.2. The molecule has 0 aliphatic carbocycles. The van der Waals surface area contributed by atoms with Crippen LogP contribution in [0.5, 0.6) is 0 Å². The molecule has 0 bridgehead atoms. The summed E-state index contributed by atoms with van der Waals surface area (Å²) in [5.74, 6) is 0. The maximum absolute atomic E-state index is 12.3. The maximum Gasteiger partial charge on any atom is 0.183 e. The van der Waals surface area contributed by atoms with E-state index in [-0.39, 0.29) is 0 Å². The number of nitrogens with zero attached hydrogens (tertiary/aromatic N) is 2. The van der Waals surface area contributed by atoms with Crippen LogP contribution in [0.15, 0.2) is 33.9 Å². The van der Waals surface area contributed by atoms with Gasteiger partial charge in [0.1, 0.15) is 0 Å².